The Hall–Kier alpha value is -3.42. The summed E-state index contributed by atoms with van der Waals surface area (Å²) in [5.74, 6) is -0.109. The van der Waals surface area contributed by atoms with Crippen LogP contribution in [-0.2, 0) is 13.1 Å². The molecule has 0 spiro atoms. The van der Waals surface area contributed by atoms with E-state index in [0.29, 0.717) is 69.9 Å². The van der Waals surface area contributed by atoms with Crippen LogP contribution < -0.4 is 27.4 Å². The molecule has 8 nitrogen and oxygen atoms in total. The number of nitrogens with one attached hydrogen (secondary N) is 1. The Labute approximate surface area is 273 Å². The summed E-state index contributed by atoms with van der Waals surface area (Å²) < 4.78 is 2.86. The van der Waals surface area contributed by atoms with Gasteiger partial charge in [-0.25, -0.2) is 0 Å². The van der Waals surface area contributed by atoms with Gasteiger partial charge in [-0.1, -0.05) is 105 Å². The Kier molecular flexibility index (Phi) is 13.5. The van der Waals surface area contributed by atoms with Crippen LogP contribution in [0, 0.1) is 0 Å². The van der Waals surface area contributed by atoms with Crippen molar-refractivity contribution in [2.24, 2.45) is 4.99 Å². The van der Waals surface area contributed by atoms with Gasteiger partial charge in [-0.05, 0) is 37.8 Å². The summed E-state index contributed by atoms with van der Waals surface area (Å²) in [4.78, 5) is 47.5. The zero-order valence-electron chi connectivity index (χ0n) is 28.8. The fourth-order valence-electron chi connectivity index (χ4n) is 6.73. The van der Waals surface area contributed by atoms with E-state index < -0.39 is 0 Å². The first-order valence-corrected chi connectivity index (χ1v) is 18.2. The molecule has 0 atom stereocenters. The van der Waals surface area contributed by atoms with Gasteiger partial charge in [0, 0.05) is 48.2 Å². The largest absolute Gasteiger partial charge is 0.494 e. The second-order valence-corrected chi connectivity index (χ2v) is 13.0. The van der Waals surface area contributed by atoms with E-state index >= 15 is 0 Å². The Balaban J connectivity index is 2.04. The van der Waals surface area contributed by atoms with Gasteiger partial charge in [0.15, 0.2) is 0 Å². The van der Waals surface area contributed by atoms with Crippen LogP contribution in [0.4, 0.5) is 5.69 Å². The molecule has 0 amide bonds. The molecule has 1 aromatic heterocycles. The van der Waals surface area contributed by atoms with Crippen molar-refractivity contribution in [2.45, 2.75) is 144 Å². The predicted octanol–water partition coefficient (Wildman–Crippen LogP) is 8.00. The fourth-order valence-corrected chi connectivity index (χ4v) is 6.73. The van der Waals surface area contributed by atoms with Crippen molar-refractivity contribution in [3.8, 4) is 17.0 Å². The third-order valence-corrected chi connectivity index (χ3v) is 9.38. The molecule has 0 bridgehead atoms. The van der Waals surface area contributed by atoms with Crippen molar-refractivity contribution in [3.05, 3.63) is 48.6 Å². The number of anilines is 1. The molecule has 1 aliphatic heterocycles. The highest BCUT2D eigenvalue weighted by atomic mass is 16.3. The van der Waals surface area contributed by atoms with Crippen LogP contribution in [0.3, 0.4) is 0 Å². The molecule has 0 radical (unpaired) electrons. The van der Waals surface area contributed by atoms with Crippen LogP contribution >= 0.6 is 0 Å². The summed E-state index contributed by atoms with van der Waals surface area (Å²) in [7, 11) is 0. The average Bonchev–Trinajstić information content (AvgIpc) is 3.05. The van der Waals surface area contributed by atoms with Crippen LogP contribution in [0.25, 0.3) is 32.7 Å². The van der Waals surface area contributed by atoms with Crippen molar-refractivity contribution in [2.75, 3.05) is 18.4 Å². The monoisotopic (exact) mass is 632 g/mol. The summed E-state index contributed by atoms with van der Waals surface area (Å²) in [5, 5.41) is 17.5. The Morgan fingerprint density at radius 3 is 1.83 bits per heavy atom. The van der Waals surface area contributed by atoms with Crippen LogP contribution in [-0.4, -0.2) is 27.3 Å². The number of aromatic hydroxyl groups is 1. The molecule has 2 aromatic rings. The number of hydrogen-bond donors (Lipinski definition) is 2. The highest BCUT2D eigenvalue weighted by Crippen LogP contribution is 2.40. The molecule has 2 N–H and O–H groups in total. The second-order valence-electron chi connectivity index (χ2n) is 13.0. The minimum Gasteiger partial charge on any atom is -0.494 e. The molecule has 0 saturated carbocycles. The Bertz CT molecular complexity index is 1760. The summed E-state index contributed by atoms with van der Waals surface area (Å²) in [6, 6.07) is 3.58. The molecule has 1 aromatic carbocycles. The van der Waals surface area contributed by atoms with Crippen molar-refractivity contribution in [1.29, 1.82) is 0 Å². The van der Waals surface area contributed by atoms with E-state index in [1.165, 1.54) is 9.13 Å². The molecule has 0 fully saturated rings. The Morgan fingerprint density at radius 1 is 0.630 bits per heavy atom. The van der Waals surface area contributed by atoms with Crippen molar-refractivity contribution in [1.82, 2.24) is 9.13 Å². The zero-order valence-corrected chi connectivity index (χ0v) is 28.8. The van der Waals surface area contributed by atoms with E-state index in [0.717, 1.165) is 103 Å². The molecule has 1 aliphatic carbocycles. The third kappa shape index (κ3) is 7.75. The first kappa shape index (κ1) is 35.4. The van der Waals surface area contributed by atoms with E-state index in [-0.39, 0.29) is 22.6 Å². The zero-order chi connectivity index (χ0) is 33.1. The number of rotatable bonds is 21. The lowest BCUT2D eigenvalue weighted by Gasteiger charge is -2.22. The molecule has 0 saturated heterocycles. The number of unbranched alkanes of at least 4 members (excludes halogenated alkanes) is 12. The van der Waals surface area contributed by atoms with Crippen molar-refractivity contribution < 1.29 is 5.11 Å². The molecular weight excluding hydrogens is 576 g/mol. The van der Waals surface area contributed by atoms with Crippen LogP contribution in [0.15, 0.2) is 31.5 Å². The number of benzene rings is 2. The van der Waals surface area contributed by atoms with Crippen LogP contribution in [0.5, 0.6) is 5.88 Å². The number of nitrogens with zero attached hydrogens (tertiary/aromatic N) is 3. The first-order valence-electron chi connectivity index (χ1n) is 18.2. The van der Waals surface area contributed by atoms with Gasteiger partial charge in [-0.2, -0.15) is 0 Å². The summed E-state index contributed by atoms with van der Waals surface area (Å²) in [6.07, 6.45) is 16.1. The SMILES string of the molecule is CCCCCCN=c1cc2c(=O)n(CCCCCC)c(=O)c3c(NCCCCCC)cc4c(O)n(CCCCCC)c(=O)c1c4c3-2. The summed E-state index contributed by atoms with van der Waals surface area (Å²) in [6.45, 7) is 10.6. The maximum atomic E-state index is 14.2. The van der Waals surface area contributed by atoms with Gasteiger partial charge in [0.2, 0.25) is 5.88 Å². The molecular formula is C38H56N4O4. The number of pyridine rings is 2. The topological polar surface area (TPSA) is 106 Å². The first-order chi connectivity index (χ1) is 22.4. The number of hydrogen-bond acceptors (Lipinski definition) is 6. The maximum Gasteiger partial charge on any atom is 0.263 e. The lowest BCUT2D eigenvalue weighted by Crippen LogP contribution is -2.37. The van der Waals surface area contributed by atoms with Gasteiger partial charge in [-0.3, -0.25) is 28.5 Å². The summed E-state index contributed by atoms with van der Waals surface area (Å²) >= 11 is 0. The average molecular weight is 633 g/mol. The summed E-state index contributed by atoms with van der Waals surface area (Å²) in [5.41, 5.74) is 0.485. The quantitative estimate of drug-likeness (QED) is 0.0715. The van der Waals surface area contributed by atoms with Gasteiger partial charge in [0.05, 0.1) is 21.7 Å². The standard InChI is InChI=1S/C38H56N4O4/c1-5-9-13-17-21-39-29-25-27-32-31-28(36(44)41(37(45)33(29)31)23-19-15-11-7-3)26-30(40-22-18-14-10-6-2)34(32)38(46)42(35(27)43)24-20-16-12-8-4/h25-26,39,43H,5-24H2,1-4H3. The van der Waals surface area contributed by atoms with Crippen LogP contribution in [0.2, 0.25) is 0 Å². The minimum absolute atomic E-state index is 0.109. The van der Waals surface area contributed by atoms with E-state index in [1.807, 2.05) is 6.07 Å². The Morgan fingerprint density at radius 2 is 1.20 bits per heavy atom. The smallest absolute Gasteiger partial charge is 0.263 e. The van der Waals surface area contributed by atoms with Gasteiger partial charge in [0.25, 0.3) is 16.7 Å². The fraction of sp³-hybridized carbons (Fsp3) is 0.632. The van der Waals surface area contributed by atoms with Gasteiger partial charge in [0.1, 0.15) is 0 Å². The van der Waals surface area contributed by atoms with Crippen molar-refractivity contribution >= 4 is 27.2 Å². The van der Waals surface area contributed by atoms with Crippen molar-refractivity contribution in [3.63, 3.8) is 0 Å². The maximum absolute atomic E-state index is 14.2. The predicted molar refractivity (Wildman–Crippen MR) is 192 cm³/mol. The molecule has 2 heterocycles. The molecule has 2 aliphatic rings. The normalized spacial score (nSPS) is 12.4. The minimum atomic E-state index is -0.344. The van der Waals surface area contributed by atoms with Gasteiger partial charge in [-0.15, -0.1) is 0 Å². The number of aromatic nitrogens is 2. The molecule has 4 rings (SSSR count). The van der Waals surface area contributed by atoms with Gasteiger partial charge < -0.3 is 10.4 Å². The second kappa shape index (κ2) is 17.5. The lowest BCUT2D eigenvalue weighted by molar-refractivity contribution is 0.407. The highest BCUT2D eigenvalue weighted by molar-refractivity contribution is 6.18. The lowest BCUT2D eigenvalue weighted by atomic mass is 9.89. The molecule has 0 unspecified atom stereocenters. The van der Waals surface area contributed by atoms with Gasteiger partial charge >= 0.3 is 0 Å². The van der Waals surface area contributed by atoms with E-state index in [9.17, 15) is 19.5 Å². The highest BCUT2D eigenvalue weighted by Gasteiger charge is 2.28. The van der Waals surface area contributed by atoms with Crippen LogP contribution in [0.1, 0.15) is 130 Å². The van der Waals surface area contributed by atoms with E-state index in [1.54, 1.807) is 6.07 Å². The molecule has 46 heavy (non-hydrogen) atoms. The van der Waals surface area contributed by atoms with E-state index in [4.69, 9.17) is 4.99 Å². The third-order valence-electron chi connectivity index (χ3n) is 9.38. The van der Waals surface area contributed by atoms with E-state index in [2.05, 4.69) is 33.0 Å². The molecule has 8 heteroatoms. The molecule has 252 valence electrons.